The monoisotopic (exact) mass is 426 g/mol. The van der Waals surface area contributed by atoms with Crippen LogP contribution in [0.1, 0.15) is 5.56 Å². The van der Waals surface area contributed by atoms with Crippen LogP contribution in [-0.2, 0) is 6.18 Å². The molecule has 0 spiro atoms. The third kappa shape index (κ3) is 3.74. The first-order valence-corrected chi connectivity index (χ1v) is 10.8. The summed E-state index contributed by atoms with van der Waals surface area (Å²) >= 11 is 6.38. The lowest BCUT2D eigenvalue weighted by Crippen LogP contribution is -2.17. The molecule has 2 rings (SSSR count). The molecule has 0 saturated heterocycles. The van der Waals surface area contributed by atoms with Crippen molar-refractivity contribution in [3.05, 3.63) is 54.1 Å². The molecule has 0 bridgehead atoms. The zero-order valence-electron chi connectivity index (χ0n) is 9.86. The van der Waals surface area contributed by atoms with E-state index in [2.05, 4.69) is 31.0 Å². The van der Waals surface area contributed by atoms with Gasteiger partial charge in [0.05, 0.1) is 16.2 Å². The predicted octanol–water partition coefficient (Wildman–Crippen LogP) is 6.22. The summed E-state index contributed by atoms with van der Waals surface area (Å²) in [7, 11) is 0. The second-order valence-corrected chi connectivity index (χ2v) is 11.8. The molecule has 0 heterocycles. The average molecular weight is 428 g/mol. The van der Waals surface area contributed by atoms with E-state index in [9.17, 15) is 13.2 Å². The van der Waals surface area contributed by atoms with Crippen LogP contribution in [0.5, 0.6) is 11.5 Å². The van der Waals surface area contributed by atoms with Crippen molar-refractivity contribution in [1.29, 1.82) is 0 Å². The van der Waals surface area contributed by atoms with Crippen LogP contribution in [0.15, 0.2) is 48.5 Å². The molecule has 106 valence electrons. The minimum Gasteiger partial charge on any atom is -0.457 e. The summed E-state index contributed by atoms with van der Waals surface area (Å²) in [5.74, 6) is 0.677. The van der Waals surface area contributed by atoms with Gasteiger partial charge in [0, 0.05) is 0 Å². The van der Waals surface area contributed by atoms with Crippen LogP contribution < -0.4 is 10.0 Å². The Hall–Kier alpha value is -0.580. The number of para-hydroxylation sites is 1. The van der Waals surface area contributed by atoms with E-state index in [1.54, 1.807) is 24.3 Å². The van der Waals surface area contributed by atoms with E-state index in [1.165, 1.54) is 12.1 Å². The molecule has 0 saturated carbocycles. The fraction of sp³-hybridized carbons (Fsp3) is 0.0769. The van der Waals surface area contributed by atoms with Crippen LogP contribution in [0.25, 0.3) is 0 Å². The van der Waals surface area contributed by atoms with Gasteiger partial charge in [0.2, 0.25) is 0 Å². The summed E-state index contributed by atoms with van der Waals surface area (Å²) in [6, 6.07) is 12.6. The molecule has 2 aromatic rings. The summed E-state index contributed by atoms with van der Waals surface area (Å²) in [5.41, 5.74) is -0.703. The Morgan fingerprint density at radius 2 is 1.55 bits per heavy atom. The van der Waals surface area contributed by atoms with Gasteiger partial charge in [-0.25, -0.2) is 0 Å². The highest BCUT2D eigenvalue weighted by Gasteiger charge is 2.36. The van der Waals surface area contributed by atoms with E-state index >= 15 is 0 Å². The molecule has 0 radical (unpaired) electrons. The van der Waals surface area contributed by atoms with Crippen molar-refractivity contribution in [2.24, 2.45) is 0 Å². The van der Waals surface area contributed by atoms with Crippen LogP contribution in [0, 0.1) is 0 Å². The average Bonchev–Trinajstić information content (AvgIpc) is 2.38. The van der Waals surface area contributed by atoms with Gasteiger partial charge in [0.15, 0.2) is 0 Å². The standard InChI is InChI=1S/C13H8Br2F3OP/c14-20(15)12-10(13(16,17)18)7-4-8-11(12)19-9-5-2-1-3-6-9/h1-8H. The third-order valence-corrected chi connectivity index (χ3v) is 5.37. The van der Waals surface area contributed by atoms with Crippen molar-refractivity contribution < 1.29 is 17.9 Å². The molecule has 0 N–H and O–H groups in total. The number of rotatable bonds is 3. The van der Waals surface area contributed by atoms with Crippen LogP contribution in [0.2, 0.25) is 0 Å². The number of ether oxygens (including phenoxy) is 1. The van der Waals surface area contributed by atoms with Gasteiger partial charge in [0.1, 0.15) is 11.5 Å². The van der Waals surface area contributed by atoms with Crippen LogP contribution >= 0.6 is 36.3 Å². The molecule has 0 amide bonds. The number of hydrogen-bond donors (Lipinski definition) is 0. The Kier molecular flexibility index (Phi) is 5.10. The molecule has 0 unspecified atom stereocenters. The van der Waals surface area contributed by atoms with Crippen molar-refractivity contribution in [3.63, 3.8) is 0 Å². The Morgan fingerprint density at radius 1 is 0.900 bits per heavy atom. The maximum atomic E-state index is 13.0. The van der Waals surface area contributed by atoms with Gasteiger partial charge in [-0.15, -0.1) is 0 Å². The fourth-order valence-electron chi connectivity index (χ4n) is 1.62. The van der Waals surface area contributed by atoms with Crippen LogP contribution in [0.3, 0.4) is 0 Å². The SMILES string of the molecule is FC(F)(F)c1cccc(Oc2ccccc2)c1P(Br)Br. The molecule has 0 aromatic heterocycles. The first-order valence-electron chi connectivity index (χ1n) is 5.44. The molecule has 0 aliphatic rings. The zero-order valence-corrected chi connectivity index (χ0v) is 13.9. The van der Waals surface area contributed by atoms with E-state index in [0.29, 0.717) is 5.75 Å². The highest BCUT2D eigenvalue weighted by atomic mass is 79.9. The Labute approximate surface area is 131 Å². The largest absolute Gasteiger partial charge is 0.457 e. The number of halogens is 5. The van der Waals surface area contributed by atoms with Crippen molar-refractivity contribution in [2.45, 2.75) is 6.18 Å². The maximum absolute atomic E-state index is 13.0. The molecule has 0 fully saturated rings. The topological polar surface area (TPSA) is 9.23 Å². The van der Waals surface area contributed by atoms with Gasteiger partial charge in [-0.3, -0.25) is 0 Å². The summed E-state index contributed by atoms with van der Waals surface area (Å²) < 4.78 is 44.7. The molecular formula is C13H8Br2F3OP. The Morgan fingerprint density at radius 3 is 2.10 bits per heavy atom. The number of alkyl halides is 3. The summed E-state index contributed by atoms with van der Waals surface area (Å²) in [6.07, 6.45) is -4.42. The van der Waals surface area contributed by atoms with E-state index in [4.69, 9.17) is 4.74 Å². The molecule has 7 heteroatoms. The highest BCUT2D eigenvalue weighted by molar-refractivity contribution is 9.70. The second-order valence-electron chi connectivity index (χ2n) is 3.80. The zero-order chi connectivity index (χ0) is 14.8. The summed E-state index contributed by atoms with van der Waals surface area (Å²) in [5, 5.41) is -1.24. The van der Waals surface area contributed by atoms with E-state index in [1.807, 2.05) is 6.07 Å². The van der Waals surface area contributed by atoms with Crippen LogP contribution in [-0.4, -0.2) is 0 Å². The van der Waals surface area contributed by atoms with Crippen molar-refractivity contribution >= 4 is 41.6 Å². The minimum atomic E-state index is -4.42. The first-order chi connectivity index (χ1) is 9.39. The molecular weight excluding hydrogens is 420 g/mol. The van der Waals surface area contributed by atoms with E-state index in [-0.39, 0.29) is 11.1 Å². The lowest BCUT2D eigenvalue weighted by molar-refractivity contribution is -0.136. The normalized spacial score (nSPS) is 11.7. The van der Waals surface area contributed by atoms with Gasteiger partial charge in [-0.05, 0) is 55.2 Å². The summed E-state index contributed by atoms with van der Waals surface area (Å²) in [4.78, 5) is 0. The van der Waals surface area contributed by atoms with Crippen molar-refractivity contribution in [2.75, 3.05) is 0 Å². The summed E-state index contributed by atoms with van der Waals surface area (Å²) in [6.45, 7) is 0. The number of hydrogen-bond acceptors (Lipinski definition) is 1. The Balaban J connectivity index is 2.48. The molecule has 0 aliphatic carbocycles. The van der Waals surface area contributed by atoms with Gasteiger partial charge < -0.3 is 4.74 Å². The van der Waals surface area contributed by atoms with E-state index < -0.39 is 17.1 Å². The van der Waals surface area contributed by atoms with Crippen LogP contribution in [0.4, 0.5) is 13.2 Å². The van der Waals surface area contributed by atoms with Crippen molar-refractivity contribution in [3.8, 4) is 11.5 Å². The maximum Gasteiger partial charge on any atom is 0.417 e. The van der Waals surface area contributed by atoms with Gasteiger partial charge in [-0.1, -0.05) is 24.3 Å². The van der Waals surface area contributed by atoms with Gasteiger partial charge >= 0.3 is 6.18 Å². The third-order valence-electron chi connectivity index (χ3n) is 2.44. The molecule has 0 aliphatic heterocycles. The predicted molar refractivity (Wildman–Crippen MR) is 82.4 cm³/mol. The Bertz CT molecular complexity index is 588. The molecule has 0 atom stereocenters. The lowest BCUT2D eigenvalue weighted by Gasteiger charge is -2.17. The number of benzene rings is 2. The second kappa shape index (κ2) is 6.46. The molecule has 20 heavy (non-hydrogen) atoms. The minimum absolute atomic E-state index is 0.0823. The van der Waals surface area contributed by atoms with Gasteiger partial charge in [-0.2, -0.15) is 13.2 Å². The molecule has 2 aromatic carbocycles. The fourth-order valence-corrected chi connectivity index (χ4v) is 4.49. The van der Waals surface area contributed by atoms with Gasteiger partial charge in [0.25, 0.3) is 0 Å². The first kappa shape index (κ1) is 15.8. The quantitative estimate of drug-likeness (QED) is 0.528. The smallest absolute Gasteiger partial charge is 0.417 e. The van der Waals surface area contributed by atoms with Crippen molar-refractivity contribution in [1.82, 2.24) is 0 Å². The van der Waals surface area contributed by atoms with E-state index in [0.717, 1.165) is 6.07 Å². The molecule has 1 nitrogen and oxygen atoms in total. The highest BCUT2D eigenvalue weighted by Crippen LogP contribution is 2.55. The lowest BCUT2D eigenvalue weighted by atomic mass is 10.2.